The Kier molecular flexibility index (Phi) is 2.63. The van der Waals surface area contributed by atoms with Crippen LogP contribution < -0.4 is 0 Å². The van der Waals surface area contributed by atoms with Crippen molar-refractivity contribution in [2.24, 2.45) is 0 Å². The lowest BCUT2D eigenvalue weighted by Gasteiger charge is -2.28. The molecule has 0 unspecified atom stereocenters. The molecule has 1 aliphatic heterocycles. The van der Waals surface area contributed by atoms with Crippen LogP contribution in [-0.2, 0) is 0 Å². The summed E-state index contributed by atoms with van der Waals surface area (Å²) in [5, 5.41) is 6.92. The Morgan fingerprint density at radius 2 is 2.29 bits per heavy atom. The fraction of sp³-hybridized carbons (Fsp3) is 0.600. The quantitative estimate of drug-likeness (QED) is 0.714. The van der Waals surface area contributed by atoms with Crippen molar-refractivity contribution in [2.75, 3.05) is 20.1 Å². The second-order valence-corrected chi connectivity index (χ2v) is 3.92. The van der Waals surface area contributed by atoms with E-state index in [1.807, 2.05) is 0 Å². The number of nitrogens with one attached hydrogen (secondary N) is 1. The Balaban J connectivity index is 2.11. The first-order chi connectivity index (χ1) is 6.81. The van der Waals surface area contributed by atoms with Crippen LogP contribution in [0.5, 0.6) is 0 Å². The minimum absolute atomic E-state index is 0.456. The summed E-state index contributed by atoms with van der Waals surface area (Å²) in [6, 6.07) is 0. The fourth-order valence-electron chi connectivity index (χ4n) is 2.01. The average Bonchev–Trinajstić information content (AvgIpc) is 2.67. The number of H-pyrrole nitrogens is 1. The van der Waals surface area contributed by atoms with Gasteiger partial charge in [-0.25, -0.2) is 0 Å². The molecular formula is C10H15N3O. The zero-order valence-electron chi connectivity index (χ0n) is 8.36. The van der Waals surface area contributed by atoms with E-state index in [-0.39, 0.29) is 0 Å². The maximum atomic E-state index is 10.7. The van der Waals surface area contributed by atoms with Gasteiger partial charge in [-0.2, -0.15) is 5.10 Å². The van der Waals surface area contributed by atoms with Crippen molar-refractivity contribution in [3.8, 4) is 0 Å². The SMILES string of the molecule is CN1CCC(c2n[nH]cc2C=O)CC1. The van der Waals surface area contributed by atoms with Gasteiger partial charge in [0.15, 0.2) is 6.29 Å². The number of aromatic nitrogens is 2. The summed E-state index contributed by atoms with van der Waals surface area (Å²) in [7, 11) is 2.13. The van der Waals surface area contributed by atoms with Crippen molar-refractivity contribution in [1.82, 2.24) is 15.1 Å². The average molecular weight is 193 g/mol. The Bertz CT molecular complexity index is 313. The summed E-state index contributed by atoms with van der Waals surface area (Å²) in [5.41, 5.74) is 1.67. The van der Waals surface area contributed by atoms with Crippen molar-refractivity contribution < 1.29 is 4.79 Å². The Labute approximate surface area is 83.3 Å². The Morgan fingerprint density at radius 1 is 1.57 bits per heavy atom. The van der Waals surface area contributed by atoms with Crippen LogP contribution in [0.4, 0.5) is 0 Å². The van der Waals surface area contributed by atoms with Gasteiger partial charge in [0, 0.05) is 12.1 Å². The van der Waals surface area contributed by atoms with E-state index < -0.39 is 0 Å². The molecule has 76 valence electrons. The lowest BCUT2D eigenvalue weighted by Crippen LogP contribution is -2.29. The van der Waals surface area contributed by atoms with Crippen molar-refractivity contribution in [2.45, 2.75) is 18.8 Å². The van der Waals surface area contributed by atoms with Crippen LogP contribution in [0.1, 0.15) is 34.8 Å². The minimum atomic E-state index is 0.456. The van der Waals surface area contributed by atoms with Crippen molar-refractivity contribution >= 4 is 6.29 Å². The van der Waals surface area contributed by atoms with Gasteiger partial charge in [-0.1, -0.05) is 0 Å². The van der Waals surface area contributed by atoms with Gasteiger partial charge in [0.1, 0.15) is 0 Å². The lowest BCUT2D eigenvalue weighted by molar-refractivity contribution is 0.112. The van der Waals surface area contributed by atoms with Gasteiger partial charge in [0.05, 0.1) is 11.3 Å². The van der Waals surface area contributed by atoms with Gasteiger partial charge in [0.25, 0.3) is 0 Å². The molecule has 4 heteroatoms. The summed E-state index contributed by atoms with van der Waals surface area (Å²) >= 11 is 0. The van der Waals surface area contributed by atoms with Gasteiger partial charge in [0.2, 0.25) is 0 Å². The third-order valence-electron chi connectivity index (χ3n) is 2.93. The third-order valence-corrected chi connectivity index (χ3v) is 2.93. The van der Waals surface area contributed by atoms with E-state index in [1.54, 1.807) is 6.20 Å². The molecule has 1 saturated heterocycles. The lowest BCUT2D eigenvalue weighted by atomic mass is 9.92. The van der Waals surface area contributed by atoms with E-state index in [0.717, 1.165) is 43.5 Å². The smallest absolute Gasteiger partial charge is 0.153 e. The van der Waals surface area contributed by atoms with Crippen LogP contribution in [0.15, 0.2) is 6.20 Å². The number of likely N-dealkylation sites (tertiary alicyclic amines) is 1. The molecule has 2 heterocycles. The molecule has 1 N–H and O–H groups in total. The number of carbonyl (C=O) groups is 1. The molecule has 2 rings (SSSR count). The monoisotopic (exact) mass is 193 g/mol. The van der Waals surface area contributed by atoms with Crippen LogP contribution >= 0.6 is 0 Å². The number of hydrogen-bond donors (Lipinski definition) is 1. The molecule has 0 radical (unpaired) electrons. The molecule has 1 aliphatic rings. The second-order valence-electron chi connectivity index (χ2n) is 3.92. The van der Waals surface area contributed by atoms with Crippen molar-refractivity contribution in [3.05, 3.63) is 17.5 Å². The van der Waals surface area contributed by atoms with E-state index in [2.05, 4.69) is 22.1 Å². The highest BCUT2D eigenvalue weighted by Gasteiger charge is 2.22. The van der Waals surface area contributed by atoms with Crippen LogP contribution in [0, 0.1) is 0 Å². The molecule has 0 aromatic carbocycles. The van der Waals surface area contributed by atoms with Crippen LogP contribution in [0.25, 0.3) is 0 Å². The molecule has 14 heavy (non-hydrogen) atoms. The highest BCUT2D eigenvalue weighted by atomic mass is 16.1. The van der Waals surface area contributed by atoms with Gasteiger partial charge in [-0.15, -0.1) is 0 Å². The second kappa shape index (κ2) is 3.92. The van der Waals surface area contributed by atoms with Gasteiger partial charge >= 0.3 is 0 Å². The molecule has 0 atom stereocenters. The Hall–Kier alpha value is -1.16. The third kappa shape index (κ3) is 1.70. The van der Waals surface area contributed by atoms with Crippen LogP contribution in [0.3, 0.4) is 0 Å². The number of rotatable bonds is 2. The zero-order valence-corrected chi connectivity index (χ0v) is 8.36. The van der Waals surface area contributed by atoms with E-state index >= 15 is 0 Å². The largest absolute Gasteiger partial charge is 0.306 e. The molecule has 0 aliphatic carbocycles. The van der Waals surface area contributed by atoms with Crippen molar-refractivity contribution in [3.63, 3.8) is 0 Å². The predicted molar refractivity (Wildman–Crippen MR) is 53.4 cm³/mol. The number of nitrogens with zero attached hydrogens (tertiary/aromatic N) is 2. The number of hydrogen-bond acceptors (Lipinski definition) is 3. The molecule has 4 nitrogen and oxygen atoms in total. The summed E-state index contributed by atoms with van der Waals surface area (Å²) < 4.78 is 0. The molecule has 0 bridgehead atoms. The molecule has 1 aromatic rings. The molecule has 0 saturated carbocycles. The van der Waals surface area contributed by atoms with Crippen molar-refractivity contribution in [1.29, 1.82) is 0 Å². The number of aromatic amines is 1. The number of piperidine rings is 1. The zero-order chi connectivity index (χ0) is 9.97. The molecule has 1 fully saturated rings. The van der Waals surface area contributed by atoms with E-state index in [0.29, 0.717) is 5.92 Å². The highest BCUT2D eigenvalue weighted by molar-refractivity contribution is 5.76. The molecule has 1 aromatic heterocycles. The molecule has 0 spiro atoms. The maximum absolute atomic E-state index is 10.7. The van der Waals surface area contributed by atoms with Gasteiger partial charge in [-0.3, -0.25) is 9.89 Å². The summed E-state index contributed by atoms with van der Waals surface area (Å²) in [6.07, 6.45) is 4.77. The number of carbonyl (C=O) groups excluding carboxylic acids is 1. The van der Waals surface area contributed by atoms with Gasteiger partial charge in [-0.05, 0) is 33.0 Å². The number of aldehydes is 1. The summed E-state index contributed by atoms with van der Waals surface area (Å²) in [4.78, 5) is 13.0. The normalized spacial score (nSPS) is 19.8. The molecular weight excluding hydrogens is 178 g/mol. The molecule has 0 amide bonds. The first kappa shape index (κ1) is 9.40. The minimum Gasteiger partial charge on any atom is -0.306 e. The predicted octanol–water partition coefficient (Wildman–Crippen LogP) is 1.03. The summed E-state index contributed by atoms with van der Waals surface area (Å²) in [6.45, 7) is 2.19. The first-order valence-electron chi connectivity index (χ1n) is 4.98. The van der Waals surface area contributed by atoms with E-state index in [4.69, 9.17) is 0 Å². The highest BCUT2D eigenvalue weighted by Crippen LogP contribution is 2.27. The first-order valence-corrected chi connectivity index (χ1v) is 4.98. The van der Waals surface area contributed by atoms with Crippen LogP contribution in [0.2, 0.25) is 0 Å². The van der Waals surface area contributed by atoms with Gasteiger partial charge < -0.3 is 4.90 Å². The standard InChI is InChI=1S/C10H15N3O/c1-13-4-2-8(3-5-13)10-9(7-14)6-11-12-10/h6-8H,2-5H2,1H3,(H,11,12). The summed E-state index contributed by atoms with van der Waals surface area (Å²) in [5.74, 6) is 0.456. The topological polar surface area (TPSA) is 49.0 Å². The maximum Gasteiger partial charge on any atom is 0.153 e. The Morgan fingerprint density at radius 3 is 2.93 bits per heavy atom. The van der Waals surface area contributed by atoms with E-state index in [1.165, 1.54) is 0 Å². The fourth-order valence-corrected chi connectivity index (χ4v) is 2.01. The van der Waals surface area contributed by atoms with Crippen LogP contribution in [-0.4, -0.2) is 41.5 Å². The van der Waals surface area contributed by atoms with E-state index in [9.17, 15) is 4.79 Å².